The van der Waals surface area contributed by atoms with Crippen molar-refractivity contribution >= 4 is 27.5 Å². The van der Waals surface area contributed by atoms with E-state index in [-0.39, 0.29) is 23.9 Å². The van der Waals surface area contributed by atoms with E-state index in [1.165, 1.54) is 22.5 Å². The molecule has 2 fully saturated rings. The zero-order valence-corrected chi connectivity index (χ0v) is 16.7. The van der Waals surface area contributed by atoms with E-state index < -0.39 is 21.3 Å². The third kappa shape index (κ3) is 3.32. The van der Waals surface area contributed by atoms with Gasteiger partial charge >= 0.3 is 0 Å². The molecule has 4 rings (SSSR count). The number of rotatable bonds is 4. The van der Waals surface area contributed by atoms with E-state index in [0.29, 0.717) is 18.1 Å². The Morgan fingerprint density at radius 1 is 0.964 bits per heavy atom. The van der Waals surface area contributed by atoms with Gasteiger partial charge in [-0.25, -0.2) is 12.8 Å². The lowest BCUT2D eigenvalue weighted by Gasteiger charge is -2.36. The Labute approximate surface area is 168 Å². The van der Waals surface area contributed by atoms with Crippen LogP contribution in [0.2, 0.25) is 5.02 Å². The molecule has 0 atom stereocenters. The molecule has 0 unspecified atom stereocenters. The van der Waals surface area contributed by atoms with E-state index in [2.05, 4.69) is 0 Å². The summed E-state index contributed by atoms with van der Waals surface area (Å²) in [6, 6.07) is 12.7. The van der Waals surface area contributed by atoms with Crippen LogP contribution in [-0.4, -0.2) is 49.7 Å². The molecule has 148 valence electrons. The van der Waals surface area contributed by atoms with Crippen molar-refractivity contribution in [3.8, 4) is 0 Å². The largest absolute Gasteiger partial charge is 0.339 e. The van der Waals surface area contributed by atoms with Crippen LogP contribution in [0.25, 0.3) is 0 Å². The molecular formula is C20H20ClFN2O3S. The molecule has 0 aromatic heterocycles. The van der Waals surface area contributed by atoms with Crippen LogP contribution in [0.4, 0.5) is 4.39 Å². The zero-order valence-electron chi connectivity index (χ0n) is 15.1. The highest BCUT2D eigenvalue weighted by atomic mass is 35.5. The van der Waals surface area contributed by atoms with Crippen molar-refractivity contribution in [2.24, 2.45) is 0 Å². The van der Waals surface area contributed by atoms with Crippen LogP contribution < -0.4 is 0 Å². The Bertz CT molecular complexity index is 998. The van der Waals surface area contributed by atoms with Gasteiger partial charge in [-0.05, 0) is 42.7 Å². The van der Waals surface area contributed by atoms with Crippen LogP contribution in [-0.2, 0) is 20.2 Å². The highest BCUT2D eigenvalue weighted by Crippen LogP contribution is 2.50. The summed E-state index contributed by atoms with van der Waals surface area (Å²) in [6.45, 7) is 0.891. The number of hydrogen-bond acceptors (Lipinski definition) is 3. The van der Waals surface area contributed by atoms with Crippen LogP contribution in [0.15, 0.2) is 53.4 Å². The maximum atomic E-state index is 13.9. The first kappa shape index (κ1) is 19.4. The second-order valence-electron chi connectivity index (χ2n) is 7.22. The molecule has 0 N–H and O–H groups in total. The van der Waals surface area contributed by atoms with Crippen LogP contribution in [0.3, 0.4) is 0 Å². The van der Waals surface area contributed by atoms with E-state index in [1.54, 1.807) is 17.0 Å². The van der Waals surface area contributed by atoms with Gasteiger partial charge in [-0.3, -0.25) is 4.79 Å². The van der Waals surface area contributed by atoms with Crippen molar-refractivity contribution in [3.05, 3.63) is 64.9 Å². The molecule has 0 bridgehead atoms. The third-order valence-corrected chi connectivity index (χ3v) is 7.72. The van der Waals surface area contributed by atoms with Crippen LogP contribution in [0.5, 0.6) is 0 Å². The summed E-state index contributed by atoms with van der Waals surface area (Å²) in [5, 5.41) is 0.624. The molecule has 8 heteroatoms. The summed E-state index contributed by atoms with van der Waals surface area (Å²) in [5.74, 6) is -0.738. The minimum Gasteiger partial charge on any atom is -0.339 e. The quantitative estimate of drug-likeness (QED) is 0.761. The first-order chi connectivity index (χ1) is 13.3. The number of benzene rings is 2. The fourth-order valence-corrected chi connectivity index (χ4v) is 5.36. The SMILES string of the molecule is O=C(N1CCN(S(=O)(=O)c2ccccc2F)CC1)C1(c2ccc(Cl)cc2)CC1. The third-order valence-electron chi connectivity index (χ3n) is 5.54. The molecule has 2 aromatic carbocycles. The molecule has 1 saturated carbocycles. The Kier molecular flexibility index (Phi) is 4.93. The number of piperazine rings is 1. The van der Waals surface area contributed by atoms with Crippen molar-refractivity contribution in [1.82, 2.24) is 9.21 Å². The van der Waals surface area contributed by atoms with Crippen molar-refractivity contribution in [1.29, 1.82) is 0 Å². The lowest BCUT2D eigenvalue weighted by Crippen LogP contribution is -2.52. The summed E-state index contributed by atoms with van der Waals surface area (Å²) in [6.07, 6.45) is 1.56. The molecule has 1 amide bonds. The monoisotopic (exact) mass is 422 g/mol. The predicted molar refractivity (Wildman–Crippen MR) is 104 cm³/mol. The van der Waals surface area contributed by atoms with Crippen molar-refractivity contribution < 1.29 is 17.6 Å². The standard InChI is InChI=1S/C20H20ClFN2O3S/c21-16-7-5-15(6-8-16)20(9-10-20)19(25)23-11-13-24(14-12-23)28(26,27)18-4-2-1-3-17(18)22/h1-8H,9-14H2. The Hall–Kier alpha value is -1.96. The maximum absolute atomic E-state index is 13.9. The van der Waals surface area contributed by atoms with E-state index in [0.717, 1.165) is 24.5 Å². The van der Waals surface area contributed by atoms with Gasteiger partial charge in [0.1, 0.15) is 10.7 Å². The van der Waals surface area contributed by atoms with Crippen LogP contribution >= 0.6 is 11.6 Å². The second-order valence-corrected chi connectivity index (χ2v) is 9.56. The Morgan fingerprint density at radius 2 is 1.57 bits per heavy atom. The predicted octanol–water partition coefficient (Wildman–Crippen LogP) is 3.04. The molecule has 5 nitrogen and oxygen atoms in total. The topological polar surface area (TPSA) is 57.7 Å². The Morgan fingerprint density at radius 3 is 2.14 bits per heavy atom. The molecule has 1 aliphatic heterocycles. The van der Waals surface area contributed by atoms with Gasteiger partial charge < -0.3 is 4.90 Å². The summed E-state index contributed by atoms with van der Waals surface area (Å²) >= 11 is 5.95. The van der Waals surface area contributed by atoms with Crippen molar-refractivity contribution in [3.63, 3.8) is 0 Å². The van der Waals surface area contributed by atoms with Gasteiger partial charge in [-0.1, -0.05) is 35.9 Å². The highest BCUT2D eigenvalue weighted by molar-refractivity contribution is 7.89. The lowest BCUT2D eigenvalue weighted by molar-refractivity contribution is -0.135. The second kappa shape index (κ2) is 7.13. The average molecular weight is 423 g/mol. The average Bonchev–Trinajstić information content (AvgIpc) is 3.50. The van der Waals surface area contributed by atoms with E-state index in [9.17, 15) is 17.6 Å². The number of carbonyl (C=O) groups is 1. The number of hydrogen-bond donors (Lipinski definition) is 0. The molecule has 2 aromatic rings. The lowest BCUT2D eigenvalue weighted by atomic mass is 9.94. The normalized spacial score (nSPS) is 19.4. The van der Waals surface area contributed by atoms with Gasteiger partial charge in [0.2, 0.25) is 15.9 Å². The van der Waals surface area contributed by atoms with Gasteiger partial charge in [0.05, 0.1) is 5.41 Å². The molecule has 1 aliphatic carbocycles. The minimum absolute atomic E-state index is 0.0257. The summed E-state index contributed by atoms with van der Waals surface area (Å²) in [4.78, 5) is 14.5. The first-order valence-electron chi connectivity index (χ1n) is 9.15. The number of amides is 1. The maximum Gasteiger partial charge on any atom is 0.246 e. The van der Waals surface area contributed by atoms with Crippen molar-refractivity contribution in [2.45, 2.75) is 23.2 Å². The Balaban J connectivity index is 1.46. The molecule has 2 aliphatic rings. The van der Waals surface area contributed by atoms with Gasteiger partial charge in [-0.2, -0.15) is 4.31 Å². The summed E-state index contributed by atoms with van der Waals surface area (Å²) in [5.41, 5.74) is 0.431. The highest BCUT2D eigenvalue weighted by Gasteiger charge is 2.53. The number of nitrogens with zero attached hydrogens (tertiary/aromatic N) is 2. The smallest absolute Gasteiger partial charge is 0.246 e. The summed E-state index contributed by atoms with van der Waals surface area (Å²) < 4.78 is 40.6. The minimum atomic E-state index is -3.91. The van der Waals surface area contributed by atoms with E-state index in [1.807, 2.05) is 12.1 Å². The summed E-state index contributed by atoms with van der Waals surface area (Å²) in [7, 11) is -3.91. The molecular weight excluding hydrogens is 403 g/mol. The molecule has 1 heterocycles. The molecule has 1 saturated heterocycles. The van der Waals surface area contributed by atoms with E-state index >= 15 is 0 Å². The number of sulfonamides is 1. The molecule has 0 spiro atoms. The van der Waals surface area contributed by atoms with Gasteiger partial charge in [0.15, 0.2) is 0 Å². The number of carbonyl (C=O) groups excluding carboxylic acids is 1. The van der Waals surface area contributed by atoms with Gasteiger partial charge in [0, 0.05) is 31.2 Å². The number of halogens is 2. The molecule has 28 heavy (non-hydrogen) atoms. The molecule has 0 radical (unpaired) electrons. The van der Waals surface area contributed by atoms with Crippen molar-refractivity contribution in [2.75, 3.05) is 26.2 Å². The fraction of sp³-hybridized carbons (Fsp3) is 0.350. The zero-order chi connectivity index (χ0) is 19.9. The fourth-order valence-electron chi connectivity index (χ4n) is 3.75. The van der Waals surface area contributed by atoms with Crippen LogP contribution in [0, 0.1) is 5.82 Å². The van der Waals surface area contributed by atoms with E-state index in [4.69, 9.17) is 11.6 Å². The van der Waals surface area contributed by atoms with Gasteiger partial charge in [0.25, 0.3) is 0 Å². The van der Waals surface area contributed by atoms with Gasteiger partial charge in [-0.15, -0.1) is 0 Å². The first-order valence-corrected chi connectivity index (χ1v) is 11.0. The van der Waals surface area contributed by atoms with Crippen LogP contribution in [0.1, 0.15) is 18.4 Å².